The summed E-state index contributed by atoms with van der Waals surface area (Å²) in [5.41, 5.74) is -0.674. The lowest BCUT2D eigenvalue weighted by Gasteiger charge is -2.38. The topological polar surface area (TPSA) is 69.6 Å². The number of nitrogens with zero attached hydrogens (tertiary/aromatic N) is 1. The summed E-state index contributed by atoms with van der Waals surface area (Å²) in [6, 6.07) is -0.354. The molecule has 2 N–H and O–H groups in total. The second-order valence-corrected chi connectivity index (χ2v) is 4.81. The molecule has 16 heavy (non-hydrogen) atoms. The molecule has 2 aliphatic rings. The number of urea groups is 1. The van der Waals surface area contributed by atoms with Crippen LogP contribution in [-0.2, 0) is 4.79 Å². The van der Waals surface area contributed by atoms with Gasteiger partial charge in [0.2, 0.25) is 0 Å². The zero-order valence-corrected chi connectivity index (χ0v) is 9.53. The second kappa shape index (κ2) is 4.05. The van der Waals surface area contributed by atoms with Crippen LogP contribution in [0.3, 0.4) is 0 Å². The molecule has 3 amide bonds. The number of aliphatic hydroxyl groups excluding tert-OH is 1. The minimum Gasteiger partial charge on any atom is -0.392 e. The van der Waals surface area contributed by atoms with E-state index in [1.54, 1.807) is 6.92 Å². The van der Waals surface area contributed by atoms with Crippen molar-refractivity contribution in [3.63, 3.8) is 0 Å². The average Bonchev–Trinajstić information content (AvgIpc) is 2.44. The van der Waals surface area contributed by atoms with Crippen molar-refractivity contribution in [3.05, 3.63) is 0 Å². The molecule has 0 bridgehead atoms. The number of imide groups is 1. The van der Waals surface area contributed by atoms with Crippen LogP contribution in [0.5, 0.6) is 0 Å². The van der Waals surface area contributed by atoms with E-state index in [2.05, 4.69) is 5.32 Å². The highest BCUT2D eigenvalue weighted by molar-refractivity contribution is 6.07. The number of nitrogens with one attached hydrogen (secondary N) is 1. The largest absolute Gasteiger partial charge is 0.392 e. The maximum atomic E-state index is 11.9. The number of hydrogen-bond donors (Lipinski definition) is 2. The van der Waals surface area contributed by atoms with E-state index in [1.807, 2.05) is 0 Å². The van der Waals surface area contributed by atoms with Gasteiger partial charge in [0.05, 0.1) is 6.10 Å². The van der Waals surface area contributed by atoms with Gasteiger partial charge in [0.25, 0.3) is 5.91 Å². The number of amides is 3. The van der Waals surface area contributed by atoms with E-state index >= 15 is 0 Å². The molecule has 5 heteroatoms. The third-order valence-electron chi connectivity index (χ3n) is 3.53. The number of carbonyl (C=O) groups is 2. The van der Waals surface area contributed by atoms with E-state index in [9.17, 15) is 14.7 Å². The van der Waals surface area contributed by atoms with E-state index in [0.717, 1.165) is 32.1 Å². The maximum Gasteiger partial charge on any atom is 0.325 e. The summed E-state index contributed by atoms with van der Waals surface area (Å²) in [5, 5.41) is 11.8. The lowest BCUT2D eigenvalue weighted by molar-refractivity contribution is -0.128. The Labute approximate surface area is 94.8 Å². The number of carbonyl (C=O) groups excluding carboxylic acids is 2. The zero-order chi connectivity index (χ0) is 11.8. The molecule has 1 unspecified atom stereocenters. The average molecular weight is 226 g/mol. The highest BCUT2D eigenvalue weighted by atomic mass is 16.3. The Morgan fingerprint density at radius 3 is 2.56 bits per heavy atom. The smallest absolute Gasteiger partial charge is 0.325 e. The fourth-order valence-electron chi connectivity index (χ4n) is 2.75. The van der Waals surface area contributed by atoms with E-state index in [0.29, 0.717) is 0 Å². The van der Waals surface area contributed by atoms with E-state index in [4.69, 9.17) is 0 Å². The molecular weight excluding hydrogens is 208 g/mol. The number of β-amino-alcohol motifs (C(OH)–C–C–N with tert-alkyl or cyclic N) is 1. The normalized spacial score (nSPS) is 26.0. The van der Waals surface area contributed by atoms with Crippen molar-refractivity contribution in [2.45, 2.75) is 50.7 Å². The number of hydrogen-bond acceptors (Lipinski definition) is 3. The van der Waals surface area contributed by atoms with E-state index in [1.165, 1.54) is 4.90 Å². The van der Waals surface area contributed by atoms with Gasteiger partial charge in [0.1, 0.15) is 5.54 Å². The molecule has 1 saturated heterocycles. The fraction of sp³-hybridized carbons (Fsp3) is 0.818. The standard InChI is InChI=1S/C11H18N2O3/c1-8(14)7-13-10(16)12-9(15)11(13)5-3-2-4-6-11/h8,14H,2-7H2,1H3,(H,12,15,16). The quantitative estimate of drug-likeness (QED) is 0.678. The van der Waals surface area contributed by atoms with Crippen LogP contribution < -0.4 is 5.32 Å². The first kappa shape index (κ1) is 11.4. The number of aliphatic hydroxyl groups is 1. The third kappa shape index (κ3) is 1.69. The first-order valence-electron chi connectivity index (χ1n) is 5.87. The Balaban J connectivity index is 2.24. The van der Waals surface area contributed by atoms with Crippen LogP contribution >= 0.6 is 0 Å². The summed E-state index contributed by atoms with van der Waals surface area (Å²) in [6.07, 6.45) is 3.89. The monoisotopic (exact) mass is 226 g/mol. The summed E-state index contributed by atoms with van der Waals surface area (Å²) in [5.74, 6) is -0.183. The van der Waals surface area contributed by atoms with Crippen molar-refractivity contribution in [2.75, 3.05) is 6.54 Å². The van der Waals surface area contributed by atoms with Gasteiger partial charge in [-0.2, -0.15) is 0 Å². The van der Waals surface area contributed by atoms with Crippen molar-refractivity contribution in [1.29, 1.82) is 0 Å². The van der Waals surface area contributed by atoms with Crippen LogP contribution in [0, 0.1) is 0 Å². The minimum absolute atomic E-state index is 0.183. The van der Waals surface area contributed by atoms with Crippen molar-refractivity contribution < 1.29 is 14.7 Å². The molecule has 90 valence electrons. The molecule has 1 saturated carbocycles. The molecule has 5 nitrogen and oxygen atoms in total. The van der Waals surface area contributed by atoms with Gasteiger partial charge in [-0.25, -0.2) is 4.79 Å². The van der Waals surface area contributed by atoms with Gasteiger partial charge in [-0.1, -0.05) is 19.3 Å². The molecule has 2 rings (SSSR count). The van der Waals surface area contributed by atoms with Gasteiger partial charge >= 0.3 is 6.03 Å². The SMILES string of the molecule is CC(O)CN1C(=O)NC(=O)C12CCCCC2. The van der Waals surface area contributed by atoms with Gasteiger partial charge in [0, 0.05) is 6.54 Å². The van der Waals surface area contributed by atoms with Crippen molar-refractivity contribution >= 4 is 11.9 Å². The molecule has 1 aliphatic heterocycles. The predicted molar refractivity (Wildman–Crippen MR) is 57.7 cm³/mol. The number of rotatable bonds is 2. The molecular formula is C11H18N2O3. The summed E-state index contributed by atoms with van der Waals surface area (Å²) < 4.78 is 0. The van der Waals surface area contributed by atoms with Gasteiger partial charge in [-0.15, -0.1) is 0 Å². The Bertz CT molecular complexity index is 308. The van der Waals surface area contributed by atoms with Gasteiger partial charge in [0.15, 0.2) is 0 Å². The molecule has 1 aliphatic carbocycles. The zero-order valence-electron chi connectivity index (χ0n) is 9.53. The van der Waals surface area contributed by atoms with Crippen LogP contribution in [0.1, 0.15) is 39.0 Å². The molecule has 1 heterocycles. The van der Waals surface area contributed by atoms with Gasteiger partial charge < -0.3 is 10.0 Å². The second-order valence-electron chi connectivity index (χ2n) is 4.81. The van der Waals surface area contributed by atoms with Crippen LogP contribution in [0.25, 0.3) is 0 Å². The van der Waals surface area contributed by atoms with Crippen LogP contribution in [0.2, 0.25) is 0 Å². The lowest BCUT2D eigenvalue weighted by atomic mass is 9.80. The van der Waals surface area contributed by atoms with Crippen molar-refractivity contribution in [3.8, 4) is 0 Å². The summed E-state index contributed by atoms with van der Waals surface area (Å²) in [4.78, 5) is 25.1. The molecule has 1 atom stereocenters. The molecule has 0 aromatic heterocycles. The molecule has 2 fully saturated rings. The highest BCUT2D eigenvalue weighted by Crippen LogP contribution is 2.37. The van der Waals surface area contributed by atoms with Gasteiger partial charge in [-0.3, -0.25) is 10.1 Å². The molecule has 0 radical (unpaired) electrons. The molecule has 0 aromatic carbocycles. The predicted octanol–water partition coefficient (Wildman–Crippen LogP) is 0.622. The first-order valence-corrected chi connectivity index (χ1v) is 5.87. The Kier molecular flexibility index (Phi) is 2.88. The van der Waals surface area contributed by atoms with Crippen LogP contribution in [-0.4, -0.2) is 40.1 Å². The molecule has 1 spiro atoms. The fourth-order valence-corrected chi connectivity index (χ4v) is 2.75. The summed E-state index contributed by atoms with van der Waals surface area (Å²) >= 11 is 0. The van der Waals surface area contributed by atoms with Crippen LogP contribution in [0.4, 0.5) is 4.79 Å². The highest BCUT2D eigenvalue weighted by Gasteiger charge is 2.52. The maximum absolute atomic E-state index is 11.9. The van der Waals surface area contributed by atoms with Crippen molar-refractivity contribution in [1.82, 2.24) is 10.2 Å². The molecule has 0 aromatic rings. The first-order chi connectivity index (χ1) is 7.56. The van der Waals surface area contributed by atoms with Gasteiger partial charge in [-0.05, 0) is 19.8 Å². The van der Waals surface area contributed by atoms with Crippen molar-refractivity contribution in [2.24, 2.45) is 0 Å². The minimum atomic E-state index is -0.674. The van der Waals surface area contributed by atoms with E-state index < -0.39 is 11.6 Å². The third-order valence-corrected chi connectivity index (χ3v) is 3.53. The Morgan fingerprint density at radius 2 is 2.00 bits per heavy atom. The van der Waals surface area contributed by atoms with Crippen LogP contribution in [0.15, 0.2) is 0 Å². The summed E-state index contributed by atoms with van der Waals surface area (Å²) in [6.45, 7) is 1.87. The van der Waals surface area contributed by atoms with E-state index in [-0.39, 0.29) is 18.5 Å². The Hall–Kier alpha value is -1.10. The lowest BCUT2D eigenvalue weighted by Crippen LogP contribution is -2.52. The summed E-state index contributed by atoms with van der Waals surface area (Å²) in [7, 11) is 0. The Morgan fingerprint density at radius 1 is 1.38 bits per heavy atom.